The lowest BCUT2D eigenvalue weighted by Crippen LogP contribution is -2.53. The number of rotatable bonds is 5. The van der Waals surface area contributed by atoms with Crippen LogP contribution in [0, 0.1) is 17.8 Å². The largest absolute Gasteiger partial charge is 0.340 e. The molecular weight excluding hydrogens is 567 g/mol. The van der Waals surface area contributed by atoms with Gasteiger partial charge in [-0.25, -0.2) is 0 Å². The Hall–Kier alpha value is -2.89. The number of benzene rings is 4. The molecule has 44 heavy (non-hydrogen) atoms. The molecule has 0 unspecified atom stereocenters. The lowest BCUT2D eigenvalue weighted by molar-refractivity contribution is -0.259. The summed E-state index contributed by atoms with van der Waals surface area (Å²) in [7, 11) is -2.43. The van der Waals surface area contributed by atoms with E-state index in [0.29, 0.717) is 11.8 Å². The first kappa shape index (κ1) is 29.8. The highest BCUT2D eigenvalue weighted by molar-refractivity contribution is 7.40. The molecule has 5 nitrogen and oxygen atoms in total. The van der Waals surface area contributed by atoms with E-state index in [1.807, 2.05) is 72.8 Å². The van der Waals surface area contributed by atoms with Gasteiger partial charge >= 0.3 is 8.60 Å². The Morgan fingerprint density at radius 1 is 0.614 bits per heavy atom. The molecule has 1 saturated carbocycles. The third-order valence-corrected chi connectivity index (χ3v) is 10.8. The van der Waals surface area contributed by atoms with Crippen LogP contribution < -0.4 is 0 Å². The predicted molar refractivity (Wildman–Crippen MR) is 172 cm³/mol. The average Bonchev–Trinajstić information content (AvgIpc) is 3.38. The van der Waals surface area contributed by atoms with Crippen molar-refractivity contribution < 1.29 is 23.4 Å². The van der Waals surface area contributed by atoms with Crippen LogP contribution in [0.5, 0.6) is 0 Å². The topological polar surface area (TPSA) is 57.2 Å². The molecule has 0 radical (unpaired) electrons. The molecule has 2 aliphatic heterocycles. The van der Waals surface area contributed by atoms with E-state index in [2.05, 4.69) is 69.3 Å². The minimum atomic E-state index is -2.43. The van der Waals surface area contributed by atoms with Crippen LogP contribution in [0.15, 0.2) is 121 Å². The molecule has 4 aromatic rings. The molecule has 0 amide bonds. The summed E-state index contributed by atoms with van der Waals surface area (Å²) >= 11 is 0. The molecule has 4 aromatic carbocycles. The molecule has 2 saturated heterocycles. The highest BCUT2D eigenvalue weighted by Gasteiger charge is 2.70. The zero-order valence-corrected chi connectivity index (χ0v) is 26.5. The molecule has 1 spiro atoms. The summed E-state index contributed by atoms with van der Waals surface area (Å²) in [6.07, 6.45) is 1.58. The van der Waals surface area contributed by atoms with E-state index in [1.165, 1.54) is 0 Å². The van der Waals surface area contributed by atoms with Gasteiger partial charge in [-0.15, -0.1) is 0 Å². The molecular formula is C38H41O5P. The number of hydrogen-bond donors (Lipinski definition) is 1. The summed E-state index contributed by atoms with van der Waals surface area (Å²) in [5, 5.41) is 0. The van der Waals surface area contributed by atoms with Crippen molar-refractivity contribution in [2.24, 2.45) is 17.8 Å². The van der Waals surface area contributed by atoms with Gasteiger partial charge in [-0.3, -0.25) is 9.05 Å². The van der Waals surface area contributed by atoms with Crippen molar-refractivity contribution in [1.82, 2.24) is 0 Å². The Labute approximate surface area is 262 Å². The molecule has 6 heteroatoms. The molecule has 0 aromatic heterocycles. The van der Waals surface area contributed by atoms with Crippen molar-refractivity contribution in [1.29, 1.82) is 0 Å². The van der Waals surface area contributed by atoms with E-state index < -0.39 is 37.8 Å². The van der Waals surface area contributed by atoms with Gasteiger partial charge in [0.05, 0.1) is 0 Å². The van der Waals surface area contributed by atoms with Gasteiger partial charge in [-0.2, -0.15) is 0 Å². The molecule has 4 atom stereocenters. The van der Waals surface area contributed by atoms with Crippen LogP contribution >= 0.6 is 8.60 Å². The molecule has 0 bridgehead atoms. The summed E-state index contributed by atoms with van der Waals surface area (Å²) < 4.78 is 29.0. The first-order valence-corrected chi connectivity index (χ1v) is 17.0. The Morgan fingerprint density at radius 3 is 1.32 bits per heavy atom. The van der Waals surface area contributed by atoms with E-state index in [1.54, 1.807) is 0 Å². The van der Waals surface area contributed by atoms with Crippen LogP contribution in [0.3, 0.4) is 0 Å². The van der Waals surface area contributed by atoms with Crippen LogP contribution in [0.2, 0.25) is 0 Å². The summed E-state index contributed by atoms with van der Waals surface area (Å²) in [5.74, 6) is 0.0875. The zero-order chi connectivity index (χ0) is 30.4. The Balaban J connectivity index is 1.55. The van der Waals surface area contributed by atoms with Crippen LogP contribution in [0.1, 0.15) is 62.3 Å². The summed E-state index contributed by atoms with van der Waals surface area (Å²) in [6.45, 7) is 6.83. The van der Waals surface area contributed by atoms with Crippen molar-refractivity contribution in [3.63, 3.8) is 0 Å². The second-order valence-electron chi connectivity index (χ2n) is 13.0. The molecule has 3 aliphatic rings. The minimum absolute atomic E-state index is 0.176. The Bertz CT molecular complexity index is 1350. The van der Waals surface area contributed by atoms with Crippen LogP contribution in [0.4, 0.5) is 0 Å². The number of fused-ring (bicyclic) bond motifs is 1. The summed E-state index contributed by atoms with van der Waals surface area (Å²) in [5.41, 5.74) is 1.10. The van der Waals surface area contributed by atoms with Crippen molar-refractivity contribution in [3.8, 4) is 0 Å². The fraction of sp³-hybridized carbons (Fsp3) is 0.368. The van der Waals surface area contributed by atoms with Crippen LogP contribution in [-0.4, -0.2) is 22.9 Å². The quantitative estimate of drug-likeness (QED) is 0.230. The fourth-order valence-electron chi connectivity index (χ4n) is 8.02. The van der Waals surface area contributed by atoms with Gasteiger partial charge in [0.2, 0.25) is 0 Å². The van der Waals surface area contributed by atoms with Gasteiger partial charge < -0.3 is 14.4 Å². The lowest BCUT2D eigenvalue weighted by atomic mass is 9.72. The standard InChI is InChI=1S/C38H41O5P/c1-27(2)33-25-24-28(3)26-36(33)40-34-35(41-36)38(31-20-12-6-13-21-31,32-22-14-7-15-23-32)43-44(39)42-37(34,29-16-8-4-9-17-29)30-18-10-5-11-19-30/h4-23,27-28,33-35,39H,24-26H2,1-3H3/t28-,33+,34+,35+,36?,44?/m1/s1. The monoisotopic (exact) mass is 608 g/mol. The van der Waals surface area contributed by atoms with E-state index in [9.17, 15) is 4.89 Å². The van der Waals surface area contributed by atoms with Crippen molar-refractivity contribution in [2.45, 2.75) is 69.2 Å². The molecule has 2 heterocycles. The van der Waals surface area contributed by atoms with E-state index >= 15 is 0 Å². The third kappa shape index (κ3) is 4.77. The SMILES string of the molecule is CC(C)[C@@H]1CC[C@@H](C)CC12O[C@H]1[C@H](O2)C(c2ccccc2)(c2ccccc2)OP(O)OC1(c1ccccc1)c1ccccc1. The maximum atomic E-state index is 12.0. The van der Waals surface area contributed by atoms with Crippen LogP contribution in [0.25, 0.3) is 0 Å². The zero-order valence-electron chi connectivity index (χ0n) is 25.6. The first-order chi connectivity index (χ1) is 21.4. The molecule has 1 N–H and O–H groups in total. The highest BCUT2D eigenvalue weighted by Crippen LogP contribution is 2.65. The van der Waals surface area contributed by atoms with Gasteiger partial charge in [0.1, 0.15) is 12.2 Å². The van der Waals surface area contributed by atoms with E-state index in [-0.39, 0.29) is 5.92 Å². The number of ether oxygens (including phenoxy) is 2. The van der Waals surface area contributed by atoms with Crippen molar-refractivity contribution in [3.05, 3.63) is 144 Å². The highest BCUT2D eigenvalue weighted by atomic mass is 31.2. The van der Waals surface area contributed by atoms with Gasteiger partial charge in [-0.1, -0.05) is 149 Å². The van der Waals surface area contributed by atoms with E-state index in [0.717, 1.165) is 41.5 Å². The number of hydrogen-bond acceptors (Lipinski definition) is 5. The normalized spacial score (nSPS) is 27.6. The second-order valence-corrected chi connectivity index (χ2v) is 13.8. The lowest BCUT2D eigenvalue weighted by Gasteiger charge is -2.46. The van der Waals surface area contributed by atoms with Gasteiger partial charge in [0, 0.05) is 12.3 Å². The third-order valence-electron chi connectivity index (χ3n) is 9.96. The Kier molecular flexibility index (Phi) is 7.99. The molecule has 228 valence electrons. The maximum absolute atomic E-state index is 12.0. The minimum Gasteiger partial charge on any atom is -0.340 e. The Morgan fingerprint density at radius 2 is 0.977 bits per heavy atom. The second kappa shape index (κ2) is 11.8. The van der Waals surface area contributed by atoms with Crippen molar-refractivity contribution >= 4 is 8.60 Å². The smallest absolute Gasteiger partial charge is 0.332 e. The van der Waals surface area contributed by atoms with E-state index in [4.69, 9.17) is 18.5 Å². The molecule has 3 fully saturated rings. The van der Waals surface area contributed by atoms with Crippen LogP contribution in [-0.2, 0) is 29.7 Å². The summed E-state index contributed by atoms with van der Waals surface area (Å²) in [4.78, 5) is 12.0. The van der Waals surface area contributed by atoms with Gasteiger partial charge in [0.15, 0.2) is 17.0 Å². The molecule has 1 aliphatic carbocycles. The average molecular weight is 609 g/mol. The fourth-order valence-corrected chi connectivity index (χ4v) is 9.18. The van der Waals surface area contributed by atoms with Gasteiger partial charge in [-0.05, 0) is 40.5 Å². The summed E-state index contributed by atoms with van der Waals surface area (Å²) in [6, 6.07) is 40.5. The first-order valence-electron chi connectivity index (χ1n) is 15.8. The van der Waals surface area contributed by atoms with Gasteiger partial charge in [0.25, 0.3) is 0 Å². The molecule has 7 rings (SSSR count). The maximum Gasteiger partial charge on any atom is 0.332 e. The van der Waals surface area contributed by atoms with Crippen molar-refractivity contribution in [2.75, 3.05) is 0 Å². The predicted octanol–water partition coefficient (Wildman–Crippen LogP) is 8.71.